The normalized spacial score (nSPS) is 16.2. The smallest absolute Gasteiger partial charge is 0.211 e. The van der Waals surface area contributed by atoms with Crippen molar-refractivity contribution in [3.63, 3.8) is 0 Å². The van der Waals surface area contributed by atoms with Gasteiger partial charge in [0.25, 0.3) is 0 Å². The molecule has 131 valence electrons. The van der Waals surface area contributed by atoms with E-state index < -0.39 is 0 Å². The van der Waals surface area contributed by atoms with E-state index in [0.29, 0.717) is 0 Å². The van der Waals surface area contributed by atoms with Gasteiger partial charge in [-0.2, -0.15) is 0 Å². The molecule has 0 aromatic heterocycles. The first-order chi connectivity index (χ1) is 10.9. The molecule has 1 fully saturated rings. The van der Waals surface area contributed by atoms with Crippen LogP contribution < -0.4 is 0 Å². The molecule has 22 heavy (non-hydrogen) atoms. The Bertz CT molecular complexity index is 214. The molecule has 0 amide bonds. The van der Waals surface area contributed by atoms with Crippen molar-refractivity contribution >= 4 is 9.04 Å². The highest BCUT2D eigenvalue weighted by atomic mass is 28.3. The first-order valence-electron chi connectivity index (χ1n) is 10.4. The third-order valence-electron chi connectivity index (χ3n) is 4.97. The van der Waals surface area contributed by atoms with E-state index in [9.17, 15) is 0 Å². The molecule has 0 aromatic rings. The molecule has 0 aromatic carbocycles. The summed E-state index contributed by atoms with van der Waals surface area (Å²) in [5.41, 5.74) is 0. The van der Waals surface area contributed by atoms with E-state index in [1.165, 1.54) is 115 Å². The number of hydrogen-bond acceptors (Lipinski definition) is 1. The predicted octanol–water partition coefficient (Wildman–Crippen LogP) is 7.27. The number of rotatable bonds is 15. The molecule has 1 aliphatic rings. The molecule has 1 rings (SSSR count). The molecule has 0 atom stereocenters. The fourth-order valence-corrected chi connectivity index (χ4v) is 5.69. The minimum Gasteiger partial charge on any atom is -0.417 e. The first-order valence-corrected chi connectivity index (χ1v) is 12.2. The van der Waals surface area contributed by atoms with Crippen LogP contribution in [0.3, 0.4) is 0 Å². The quantitative estimate of drug-likeness (QED) is 0.227. The van der Waals surface area contributed by atoms with Gasteiger partial charge in [-0.3, -0.25) is 0 Å². The van der Waals surface area contributed by atoms with Crippen molar-refractivity contribution in [1.29, 1.82) is 0 Å². The Morgan fingerprint density at radius 3 is 1.59 bits per heavy atom. The van der Waals surface area contributed by atoms with Gasteiger partial charge < -0.3 is 4.43 Å². The predicted molar refractivity (Wildman–Crippen MR) is 101 cm³/mol. The van der Waals surface area contributed by atoms with E-state index in [0.717, 1.165) is 6.61 Å². The lowest BCUT2D eigenvalue weighted by molar-refractivity contribution is 0.285. The fraction of sp³-hybridized carbons (Fsp3) is 1.00. The summed E-state index contributed by atoms with van der Waals surface area (Å²) in [5, 5.41) is 0. The summed E-state index contributed by atoms with van der Waals surface area (Å²) in [7, 11) is -0.364. The van der Waals surface area contributed by atoms with Crippen LogP contribution in [0.5, 0.6) is 0 Å². The summed E-state index contributed by atoms with van der Waals surface area (Å²) in [6.45, 7) is 3.36. The molecule has 0 bridgehead atoms. The lowest BCUT2D eigenvalue weighted by atomic mass is 10.0. The minimum absolute atomic E-state index is 0.364. The number of hydrogen-bond donors (Lipinski definition) is 0. The van der Waals surface area contributed by atoms with Crippen LogP contribution in [0.1, 0.15) is 110 Å². The second-order valence-electron chi connectivity index (χ2n) is 7.19. The maximum Gasteiger partial charge on any atom is 0.211 e. The maximum absolute atomic E-state index is 5.89. The van der Waals surface area contributed by atoms with Crippen LogP contribution in [-0.4, -0.2) is 15.6 Å². The van der Waals surface area contributed by atoms with Crippen molar-refractivity contribution in [2.45, 2.75) is 122 Å². The van der Waals surface area contributed by atoms with Gasteiger partial charge in [0, 0.05) is 6.61 Å². The minimum atomic E-state index is -0.364. The van der Waals surface area contributed by atoms with Crippen molar-refractivity contribution in [2.75, 3.05) is 6.61 Å². The summed E-state index contributed by atoms with van der Waals surface area (Å²) in [4.78, 5) is 0. The van der Waals surface area contributed by atoms with Gasteiger partial charge in [-0.25, -0.2) is 0 Å². The summed E-state index contributed by atoms with van der Waals surface area (Å²) < 4.78 is 5.89. The van der Waals surface area contributed by atoms with Gasteiger partial charge in [0.05, 0.1) is 0 Å². The zero-order valence-corrected chi connectivity index (χ0v) is 16.3. The Balaban J connectivity index is 1.68. The van der Waals surface area contributed by atoms with Crippen LogP contribution in [0, 0.1) is 0 Å². The third-order valence-corrected chi connectivity index (χ3v) is 7.40. The monoisotopic (exact) mass is 325 g/mol. The average molecular weight is 326 g/mol. The van der Waals surface area contributed by atoms with Gasteiger partial charge >= 0.3 is 0 Å². The van der Waals surface area contributed by atoms with Gasteiger partial charge in [-0.1, -0.05) is 103 Å². The van der Waals surface area contributed by atoms with Crippen LogP contribution in [-0.2, 0) is 4.43 Å². The van der Waals surface area contributed by atoms with Gasteiger partial charge in [0.2, 0.25) is 9.04 Å². The molecular weight excluding hydrogens is 284 g/mol. The zero-order valence-electron chi connectivity index (χ0n) is 15.3. The average Bonchev–Trinajstić information content (AvgIpc) is 2.56. The molecule has 2 heteroatoms. The Kier molecular flexibility index (Phi) is 14.8. The summed E-state index contributed by atoms with van der Waals surface area (Å²) in [5.74, 6) is 0. The highest BCUT2D eigenvalue weighted by Gasteiger charge is 2.16. The second-order valence-corrected chi connectivity index (χ2v) is 9.56. The molecule has 0 unspecified atom stereocenters. The van der Waals surface area contributed by atoms with Crippen molar-refractivity contribution in [1.82, 2.24) is 0 Å². The number of unbranched alkanes of at least 4 members (excludes halogenated alkanes) is 13. The molecule has 0 N–H and O–H groups in total. The fourth-order valence-electron chi connectivity index (χ4n) is 3.43. The van der Waals surface area contributed by atoms with Crippen molar-refractivity contribution in [3.05, 3.63) is 0 Å². The van der Waals surface area contributed by atoms with Gasteiger partial charge in [0.1, 0.15) is 0 Å². The van der Waals surface area contributed by atoms with E-state index >= 15 is 0 Å². The molecule has 1 radical (unpaired) electrons. The van der Waals surface area contributed by atoms with E-state index in [4.69, 9.17) is 4.43 Å². The third kappa shape index (κ3) is 12.7. The summed E-state index contributed by atoms with van der Waals surface area (Å²) in [6, 6.07) is 2.84. The molecular formula is C20H41OSi. The highest BCUT2D eigenvalue weighted by Crippen LogP contribution is 2.18. The van der Waals surface area contributed by atoms with Gasteiger partial charge in [0.15, 0.2) is 0 Å². The molecule has 1 nitrogen and oxygen atoms in total. The van der Waals surface area contributed by atoms with Crippen LogP contribution in [0.15, 0.2) is 0 Å². The lowest BCUT2D eigenvalue weighted by Crippen LogP contribution is -2.22. The van der Waals surface area contributed by atoms with E-state index in [2.05, 4.69) is 6.92 Å². The first kappa shape index (κ1) is 20.2. The molecule has 0 aliphatic carbocycles. The highest BCUT2D eigenvalue weighted by molar-refractivity contribution is 6.51. The van der Waals surface area contributed by atoms with Gasteiger partial charge in [-0.05, 0) is 18.5 Å². The Hall–Kier alpha value is 0.177. The standard InChI is InChI=1S/C20H41OSi/c1-2-3-4-5-6-7-8-9-10-11-12-13-14-16-19-22-20-17-15-18-21-22/h2-20H2,1H3. The van der Waals surface area contributed by atoms with Crippen molar-refractivity contribution < 1.29 is 4.43 Å². The van der Waals surface area contributed by atoms with Crippen LogP contribution in [0.25, 0.3) is 0 Å². The summed E-state index contributed by atoms with van der Waals surface area (Å²) in [6.07, 6.45) is 23.2. The zero-order chi connectivity index (χ0) is 15.7. The molecule has 0 spiro atoms. The largest absolute Gasteiger partial charge is 0.417 e. The molecule has 1 aliphatic heterocycles. The van der Waals surface area contributed by atoms with E-state index in [-0.39, 0.29) is 9.04 Å². The van der Waals surface area contributed by atoms with Crippen molar-refractivity contribution in [3.8, 4) is 0 Å². The van der Waals surface area contributed by atoms with E-state index in [1.54, 1.807) is 0 Å². The lowest BCUT2D eigenvalue weighted by Gasteiger charge is -2.19. The Labute approximate surface area is 142 Å². The van der Waals surface area contributed by atoms with Crippen LogP contribution in [0.2, 0.25) is 12.1 Å². The van der Waals surface area contributed by atoms with E-state index in [1.807, 2.05) is 0 Å². The topological polar surface area (TPSA) is 9.23 Å². The molecule has 1 heterocycles. The second kappa shape index (κ2) is 16.0. The Morgan fingerprint density at radius 2 is 1.14 bits per heavy atom. The maximum atomic E-state index is 5.89. The van der Waals surface area contributed by atoms with Crippen molar-refractivity contribution in [2.24, 2.45) is 0 Å². The Morgan fingerprint density at radius 1 is 0.636 bits per heavy atom. The SMILES string of the molecule is CCCCCCCCCCCCCCCC[Si]1CCCCO1. The van der Waals surface area contributed by atoms with Gasteiger partial charge in [-0.15, -0.1) is 0 Å². The molecule has 0 saturated carbocycles. The summed E-state index contributed by atoms with van der Waals surface area (Å²) >= 11 is 0. The van der Waals surface area contributed by atoms with Crippen LogP contribution >= 0.6 is 0 Å². The molecule has 1 saturated heterocycles. The van der Waals surface area contributed by atoms with Crippen LogP contribution in [0.4, 0.5) is 0 Å².